The van der Waals surface area contributed by atoms with Gasteiger partial charge in [-0.1, -0.05) is 19.1 Å². The van der Waals surface area contributed by atoms with Crippen molar-refractivity contribution in [2.75, 3.05) is 13.7 Å². The fraction of sp³-hybridized carbons (Fsp3) is 0.217. The summed E-state index contributed by atoms with van der Waals surface area (Å²) in [5, 5.41) is 9.13. The molecule has 7 heteroatoms. The number of rotatable bonds is 8. The Kier molecular flexibility index (Phi) is 6.74. The number of ether oxygens (including phenoxy) is 2. The Morgan fingerprint density at radius 2 is 1.73 bits per heavy atom. The highest BCUT2D eigenvalue weighted by molar-refractivity contribution is 5.89. The summed E-state index contributed by atoms with van der Waals surface area (Å²) in [7, 11) is 1.19. The highest BCUT2D eigenvalue weighted by Crippen LogP contribution is 2.34. The third-order valence-corrected chi connectivity index (χ3v) is 4.48. The zero-order valence-corrected chi connectivity index (χ0v) is 16.6. The summed E-state index contributed by atoms with van der Waals surface area (Å²) in [6.45, 7) is 2.94. The lowest BCUT2D eigenvalue weighted by molar-refractivity contribution is 0.0697. The van der Waals surface area contributed by atoms with Crippen LogP contribution in [0.25, 0.3) is 22.4 Å². The molecule has 0 aliphatic rings. The topological polar surface area (TPSA) is 68.7 Å². The lowest BCUT2D eigenvalue weighted by atomic mass is 9.97. The molecule has 0 aliphatic carbocycles. The fourth-order valence-corrected chi connectivity index (χ4v) is 3.06. The number of pyridine rings is 1. The van der Waals surface area contributed by atoms with Crippen LogP contribution in [0, 0.1) is 11.6 Å². The number of carboxylic acids is 1. The highest BCUT2D eigenvalue weighted by Gasteiger charge is 2.17. The minimum absolute atomic E-state index is 0.136. The van der Waals surface area contributed by atoms with E-state index in [0.29, 0.717) is 30.0 Å². The van der Waals surface area contributed by atoms with E-state index in [2.05, 4.69) is 4.98 Å². The van der Waals surface area contributed by atoms with Crippen LogP contribution in [0.2, 0.25) is 0 Å². The Hall–Kier alpha value is -3.32. The van der Waals surface area contributed by atoms with Crippen molar-refractivity contribution >= 4 is 5.97 Å². The number of aromatic nitrogens is 1. The lowest BCUT2D eigenvalue weighted by Gasteiger charge is -2.13. The Morgan fingerprint density at radius 3 is 2.30 bits per heavy atom. The summed E-state index contributed by atoms with van der Waals surface area (Å²) >= 11 is 0. The predicted molar refractivity (Wildman–Crippen MR) is 108 cm³/mol. The van der Waals surface area contributed by atoms with E-state index < -0.39 is 23.4 Å². The number of benzene rings is 2. The summed E-state index contributed by atoms with van der Waals surface area (Å²) < 4.78 is 38.9. The number of carboxylic acid groups (broad SMARTS) is 1. The van der Waals surface area contributed by atoms with E-state index >= 15 is 0 Å². The molecule has 3 rings (SSSR count). The van der Waals surface area contributed by atoms with Crippen LogP contribution in [0.3, 0.4) is 0 Å². The van der Waals surface area contributed by atoms with Gasteiger partial charge < -0.3 is 14.6 Å². The summed E-state index contributed by atoms with van der Waals surface area (Å²) in [6.07, 6.45) is 2.47. The number of nitrogens with zero attached hydrogens (tertiary/aromatic N) is 1. The average Bonchev–Trinajstić information content (AvgIpc) is 2.73. The largest absolute Gasteiger partial charge is 0.491 e. The number of hydrogen-bond donors (Lipinski definition) is 1. The van der Waals surface area contributed by atoms with Crippen LogP contribution in [0.4, 0.5) is 8.78 Å². The predicted octanol–water partition coefficient (Wildman–Crippen LogP) is 5.33. The number of methoxy groups -OCH3 is 1. The van der Waals surface area contributed by atoms with Crippen molar-refractivity contribution in [2.24, 2.45) is 0 Å². The molecule has 0 fully saturated rings. The van der Waals surface area contributed by atoms with Crippen molar-refractivity contribution in [3.63, 3.8) is 0 Å². The van der Waals surface area contributed by atoms with Crippen molar-refractivity contribution in [2.45, 2.75) is 20.0 Å². The molecule has 1 aromatic heterocycles. The first-order valence-corrected chi connectivity index (χ1v) is 9.38. The second kappa shape index (κ2) is 9.45. The second-order valence-corrected chi connectivity index (χ2v) is 6.65. The van der Waals surface area contributed by atoms with Crippen LogP contribution in [0.15, 0.2) is 48.7 Å². The number of halogens is 2. The van der Waals surface area contributed by atoms with E-state index in [1.807, 2.05) is 13.0 Å². The normalized spacial score (nSPS) is 10.8. The van der Waals surface area contributed by atoms with Crippen LogP contribution >= 0.6 is 0 Å². The quantitative estimate of drug-likeness (QED) is 0.506. The van der Waals surface area contributed by atoms with Gasteiger partial charge in [-0.05, 0) is 47.9 Å². The molecule has 0 radical (unpaired) electrons. The third-order valence-electron chi connectivity index (χ3n) is 4.48. The van der Waals surface area contributed by atoms with Gasteiger partial charge in [0, 0.05) is 23.9 Å². The molecule has 1 N–H and O–H groups in total. The van der Waals surface area contributed by atoms with Crippen LogP contribution in [0.5, 0.6) is 5.75 Å². The van der Waals surface area contributed by atoms with Crippen LogP contribution in [0.1, 0.15) is 29.3 Å². The van der Waals surface area contributed by atoms with Crippen LogP contribution in [-0.2, 0) is 11.3 Å². The Balaban J connectivity index is 2.11. The number of aromatic carboxylic acids is 1. The average molecular weight is 413 g/mol. The summed E-state index contributed by atoms with van der Waals surface area (Å²) in [5.74, 6) is -3.18. The molecule has 0 amide bonds. The molecule has 0 saturated heterocycles. The molecule has 0 saturated carbocycles. The Labute approximate surface area is 172 Å². The Morgan fingerprint density at radius 1 is 1.07 bits per heavy atom. The molecular weight excluding hydrogens is 392 g/mol. The van der Waals surface area contributed by atoms with Crippen molar-refractivity contribution < 1.29 is 28.2 Å². The molecular formula is C23H21F2NO4. The van der Waals surface area contributed by atoms with Crippen molar-refractivity contribution in [3.8, 4) is 28.1 Å². The number of hydrogen-bond acceptors (Lipinski definition) is 4. The maximum Gasteiger partial charge on any atom is 0.335 e. The molecule has 156 valence electrons. The maximum absolute atomic E-state index is 14.3. The molecule has 5 nitrogen and oxygen atoms in total. The first kappa shape index (κ1) is 21.4. The fourth-order valence-electron chi connectivity index (χ4n) is 3.06. The smallest absolute Gasteiger partial charge is 0.335 e. The molecule has 2 aromatic carbocycles. The van der Waals surface area contributed by atoms with Gasteiger partial charge in [0.05, 0.1) is 25.0 Å². The van der Waals surface area contributed by atoms with E-state index in [9.17, 15) is 13.6 Å². The third kappa shape index (κ3) is 4.63. The maximum atomic E-state index is 14.3. The molecule has 0 spiro atoms. The van der Waals surface area contributed by atoms with Gasteiger partial charge in [-0.15, -0.1) is 0 Å². The molecule has 0 unspecified atom stereocenters. The summed E-state index contributed by atoms with van der Waals surface area (Å²) in [5.41, 5.74) is 2.79. The minimum Gasteiger partial charge on any atom is -0.491 e. The van der Waals surface area contributed by atoms with E-state index in [4.69, 9.17) is 14.6 Å². The molecule has 30 heavy (non-hydrogen) atoms. The number of carbonyl (C=O) groups is 1. The Bertz CT molecular complexity index is 1030. The highest BCUT2D eigenvalue weighted by atomic mass is 19.1. The van der Waals surface area contributed by atoms with E-state index in [-0.39, 0.29) is 11.1 Å². The molecule has 0 bridgehead atoms. The van der Waals surface area contributed by atoms with Gasteiger partial charge in [-0.25, -0.2) is 13.6 Å². The van der Waals surface area contributed by atoms with E-state index in [0.717, 1.165) is 24.1 Å². The monoisotopic (exact) mass is 413 g/mol. The van der Waals surface area contributed by atoms with Gasteiger partial charge in [0.25, 0.3) is 0 Å². The van der Waals surface area contributed by atoms with Gasteiger partial charge in [0.15, 0.2) is 17.4 Å². The van der Waals surface area contributed by atoms with Gasteiger partial charge in [-0.2, -0.15) is 0 Å². The molecule has 1 heterocycles. The van der Waals surface area contributed by atoms with Crippen molar-refractivity contribution in [3.05, 3.63) is 71.4 Å². The lowest BCUT2D eigenvalue weighted by Crippen LogP contribution is -2.00. The summed E-state index contributed by atoms with van der Waals surface area (Å²) in [4.78, 5) is 15.6. The molecule has 3 aromatic rings. The standard InChI is InChI=1S/C23H21F2NO4/c1-3-8-30-13-14-9-18(15-4-6-16(7-5-15)23(27)28)21(26-12-14)17-10-19(24)22(29-2)20(25)11-17/h4-7,9-12H,3,8,13H2,1-2H3,(H,27,28). The van der Waals surface area contributed by atoms with Gasteiger partial charge >= 0.3 is 5.97 Å². The van der Waals surface area contributed by atoms with Crippen molar-refractivity contribution in [1.82, 2.24) is 4.98 Å². The van der Waals surface area contributed by atoms with Crippen LogP contribution < -0.4 is 4.74 Å². The van der Waals surface area contributed by atoms with Crippen molar-refractivity contribution in [1.29, 1.82) is 0 Å². The van der Waals surface area contributed by atoms with Gasteiger partial charge in [0.2, 0.25) is 0 Å². The SMILES string of the molecule is CCCOCc1cnc(-c2cc(F)c(OC)c(F)c2)c(-c2ccc(C(=O)O)cc2)c1. The van der Waals surface area contributed by atoms with Gasteiger partial charge in [-0.3, -0.25) is 4.98 Å². The second-order valence-electron chi connectivity index (χ2n) is 6.65. The molecule has 0 atom stereocenters. The summed E-state index contributed by atoms with van der Waals surface area (Å²) in [6, 6.07) is 10.4. The first-order chi connectivity index (χ1) is 14.4. The zero-order chi connectivity index (χ0) is 21.7. The van der Waals surface area contributed by atoms with E-state index in [1.165, 1.54) is 19.2 Å². The van der Waals surface area contributed by atoms with E-state index in [1.54, 1.807) is 18.3 Å². The van der Waals surface area contributed by atoms with Gasteiger partial charge in [0.1, 0.15) is 0 Å². The zero-order valence-electron chi connectivity index (χ0n) is 16.6. The first-order valence-electron chi connectivity index (χ1n) is 9.38. The molecule has 0 aliphatic heterocycles. The van der Waals surface area contributed by atoms with Crippen LogP contribution in [-0.4, -0.2) is 29.8 Å². The minimum atomic E-state index is -1.04.